The zero-order chi connectivity index (χ0) is 10.8. The summed E-state index contributed by atoms with van der Waals surface area (Å²) in [4.78, 5) is 2.36. The summed E-state index contributed by atoms with van der Waals surface area (Å²) in [5, 5.41) is 0. The molecule has 0 aliphatic carbocycles. The summed E-state index contributed by atoms with van der Waals surface area (Å²) in [7, 11) is 2.17. The smallest absolute Gasteiger partial charge is 0.0235 e. The summed E-state index contributed by atoms with van der Waals surface area (Å²) in [6.45, 7) is 9.85. The highest BCUT2D eigenvalue weighted by Gasteiger charge is 2.16. The molecule has 0 heterocycles. The first-order valence-electron chi connectivity index (χ1n) is 5.16. The van der Waals surface area contributed by atoms with Crippen LogP contribution in [-0.4, -0.2) is 17.5 Å². The van der Waals surface area contributed by atoms with Crippen molar-refractivity contribution < 1.29 is 0 Å². The lowest BCUT2D eigenvalue weighted by atomic mass is 10.1. The van der Waals surface area contributed by atoms with Gasteiger partial charge in [-0.25, -0.2) is 0 Å². The first-order chi connectivity index (χ1) is 6.39. The molecule has 0 bridgehead atoms. The second-order valence-electron chi connectivity index (χ2n) is 5.01. The molecule has 0 saturated carbocycles. The van der Waals surface area contributed by atoms with Crippen molar-refractivity contribution in [2.24, 2.45) is 0 Å². The van der Waals surface area contributed by atoms with Gasteiger partial charge >= 0.3 is 0 Å². The molecule has 0 radical (unpaired) electrons. The number of hydrogen-bond donors (Lipinski definition) is 0. The standard InChI is InChI=1S/C13H21N/c1-11-6-8-12(9-7-11)10-14(5)13(2,3)4/h6-9H,10H2,1-5H3. The van der Waals surface area contributed by atoms with Crippen molar-refractivity contribution in [3.63, 3.8) is 0 Å². The van der Waals surface area contributed by atoms with E-state index in [4.69, 9.17) is 0 Å². The molecule has 14 heavy (non-hydrogen) atoms. The molecule has 0 aliphatic rings. The zero-order valence-corrected chi connectivity index (χ0v) is 9.96. The lowest BCUT2D eigenvalue weighted by Gasteiger charge is -2.31. The van der Waals surface area contributed by atoms with E-state index >= 15 is 0 Å². The summed E-state index contributed by atoms with van der Waals surface area (Å²) in [5.41, 5.74) is 2.95. The molecule has 1 aromatic rings. The van der Waals surface area contributed by atoms with E-state index in [-0.39, 0.29) is 5.54 Å². The summed E-state index contributed by atoms with van der Waals surface area (Å²) >= 11 is 0. The van der Waals surface area contributed by atoms with Crippen molar-refractivity contribution >= 4 is 0 Å². The maximum Gasteiger partial charge on any atom is 0.0235 e. The van der Waals surface area contributed by atoms with E-state index in [1.807, 2.05) is 0 Å². The van der Waals surface area contributed by atoms with Gasteiger partial charge in [0.1, 0.15) is 0 Å². The van der Waals surface area contributed by atoms with Gasteiger partial charge in [0.15, 0.2) is 0 Å². The molecule has 0 spiro atoms. The van der Waals surface area contributed by atoms with Gasteiger partial charge in [0, 0.05) is 12.1 Å². The van der Waals surface area contributed by atoms with Crippen LogP contribution in [0.2, 0.25) is 0 Å². The van der Waals surface area contributed by atoms with Crippen LogP contribution < -0.4 is 0 Å². The van der Waals surface area contributed by atoms with E-state index in [1.165, 1.54) is 11.1 Å². The molecule has 78 valence electrons. The SMILES string of the molecule is Cc1ccc(CN(C)C(C)(C)C)cc1. The van der Waals surface area contributed by atoms with Crippen molar-refractivity contribution in [1.29, 1.82) is 0 Å². The number of nitrogens with zero attached hydrogens (tertiary/aromatic N) is 1. The number of aryl methyl sites for hydroxylation is 1. The van der Waals surface area contributed by atoms with Gasteiger partial charge in [-0.15, -0.1) is 0 Å². The van der Waals surface area contributed by atoms with Crippen LogP contribution in [0.5, 0.6) is 0 Å². The van der Waals surface area contributed by atoms with Gasteiger partial charge < -0.3 is 0 Å². The molecule has 0 saturated heterocycles. The van der Waals surface area contributed by atoms with Gasteiger partial charge in [-0.05, 0) is 40.3 Å². The summed E-state index contributed by atoms with van der Waals surface area (Å²) in [6, 6.07) is 8.76. The number of benzene rings is 1. The van der Waals surface area contributed by atoms with Gasteiger partial charge in [-0.3, -0.25) is 4.90 Å². The van der Waals surface area contributed by atoms with Crippen LogP contribution in [-0.2, 0) is 6.54 Å². The quantitative estimate of drug-likeness (QED) is 0.693. The highest BCUT2D eigenvalue weighted by Crippen LogP contribution is 2.14. The van der Waals surface area contributed by atoms with Gasteiger partial charge in [-0.2, -0.15) is 0 Å². The predicted molar refractivity (Wildman–Crippen MR) is 62.4 cm³/mol. The average molecular weight is 191 g/mol. The van der Waals surface area contributed by atoms with Crippen molar-refractivity contribution in [1.82, 2.24) is 4.90 Å². The Morgan fingerprint density at radius 3 is 2.00 bits per heavy atom. The first-order valence-corrected chi connectivity index (χ1v) is 5.16. The largest absolute Gasteiger partial charge is 0.297 e. The van der Waals surface area contributed by atoms with Gasteiger partial charge in [0.25, 0.3) is 0 Å². The monoisotopic (exact) mass is 191 g/mol. The van der Waals surface area contributed by atoms with Crippen LogP contribution in [0.3, 0.4) is 0 Å². The fourth-order valence-electron chi connectivity index (χ4n) is 1.20. The molecule has 0 aliphatic heterocycles. The van der Waals surface area contributed by atoms with Crippen molar-refractivity contribution in [3.8, 4) is 0 Å². The Bertz CT molecular complexity index is 279. The third kappa shape index (κ3) is 3.15. The molecule has 1 heteroatoms. The van der Waals surface area contributed by atoms with Crippen LogP contribution in [0.4, 0.5) is 0 Å². The minimum atomic E-state index is 0.241. The molecule has 0 aromatic heterocycles. The normalized spacial score (nSPS) is 12.1. The molecular formula is C13H21N. The molecular weight excluding hydrogens is 170 g/mol. The molecule has 1 rings (SSSR count). The van der Waals surface area contributed by atoms with Crippen LogP contribution >= 0.6 is 0 Å². The predicted octanol–water partition coefficient (Wildman–Crippen LogP) is 3.23. The lowest BCUT2D eigenvalue weighted by molar-refractivity contribution is 0.167. The Morgan fingerprint density at radius 2 is 1.57 bits per heavy atom. The number of rotatable bonds is 2. The topological polar surface area (TPSA) is 3.24 Å². The highest BCUT2D eigenvalue weighted by molar-refractivity contribution is 5.21. The molecule has 1 nitrogen and oxygen atoms in total. The van der Waals surface area contributed by atoms with Crippen molar-refractivity contribution in [2.75, 3.05) is 7.05 Å². The second kappa shape index (κ2) is 4.14. The Labute approximate surface area is 87.7 Å². The van der Waals surface area contributed by atoms with Gasteiger partial charge in [0.2, 0.25) is 0 Å². The van der Waals surface area contributed by atoms with Crippen molar-refractivity contribution in [3.05, 3.63) is 35.4 Å². The van der Waals surface area contributed by atoms with Crippen LogP contribution in [0.1, 0.15) is 31.9 Å². The van der Waals surface area contributed by atoms with Crippen LogP contribution in [0.15, 0.2) is 24.3 Å². The molecule has 0 atom stereocenters. The first kappa shape index (κ1) is 11.3. The molecule has 1 aromatic carbocycles. The Hall–Kier alpha value is -0.820. The van der Waals surface area contributed by atoms with Crippen molar-refractivity contribution in [2.45, 2.75) is 39.8 Å². The highest BCUT2D eigenvalue weighted by atomic mass is 15.1. The summed E-state index contributed by atoms with van der Waals surface area (Å²) < 4.78 is 0. The maximum absolute atomic E-state index is 2.36. The zero-order valence-electron chi connectivity index (χ0n) is 9.96. The van der Waals surface area contributed by atoms with E-state index < -0.39 is 0 Å². The summed E-state index contributed by atoms with van der Waals surface area (Å²) in [6.07, 6.45) is 0. The second-order valence-corrected chi connectivity index (χ2v) is 5.01. The molecule has 0 N–H and O–H groups in total. The van der Waals surface area contributed by atoms with E-state index in [0.29, 0.717) is 0 Å². The average Bonchev–Trinajstić information content (AvgIpc) is 2.07. The third-order valence-corrected chi connectivity index (χ3v) is 2.69. The van der Waals surface area contributed by atoms with E-state index in [1.54, 1.807) is 0 Å². The van der Waals surface area contributed by atoms with Gasteiger partial charge in [0.05, 0.1) is 0 Å². The molecule has 0 unspecified atom stereocenters. The molecule has 0 amide bonds. The number of hydrogen-bond acceptors (Lipinski definition) is 1. The van der Waals surface area contributed by atoms with E-state index in [0.717, 1.165) is 6.54 Å². The molecule has 0 fully saturated rings. The minimum Gasteiger partial charge on any atom is -0.297 e. The Morgan fingerprint density at radius 1 is 1.07 bits per heavy atom. The Kier molecular flexibility index (Phi) is 3.33. The van der Waals surface area contributed by atoms with Crippen LogP contribution in [0, 0.1) is 6.92 Å². The lowest BCUT2D eigenvalue weighted by Crippen LogP contribution is -2.37. The fraction of sp³-hybridized carbons (Fsp3) is 0.538. The van der Waals surface area contributed by atoms with Crippen LogP contribution in [0.25, 0.3) is 0 Å². The minimum absolute atomic E-state index is 0.241. The fourth-order valence-corrected chi connectivity index (χ4v) is 1.20. The van der Waals surface area contributed by atoms with E-state index in [9.17, 15) is 0 Å². The Balaban J connectivity index is 2.65. The third-order valence-electron chi connectivity index (χ3n) is 2.69. The van der Waals surface area contributed by atoms with E-state index in [2.05, 4.69) is 63.9 Å². The summed E-state index contributed by atoms with van der Waals surface area (Å²) in [5.74, 6) is 0. The maximum atomic E-state index is 2.36. The van der Waals surface area contributed by atoms with Gasteiger partial charge in [-0.1, -0.05) is 29.8 Å².